The summed E-state index contributed by atoms with van der Waals surface area (Å²) in [5, 5.41) is 23.4. The summed E-state index contributed by atoms with van der Waals surface area (Å²) >= 11 is 4.99. The third-order valence-corrected chi connectivity index (χ3v) is 9.02. The highest BCUT2D eigenvalue weighted by atomic mass is 32.1. The quantitative estimate of drug-likeness (QED) is 0.494. The summed E-state index contributed by atoms with van der Waals surface area (Å²) in [6.45, 7) is 10.9. The third kappa shape index (κ3) is 3.86. The number of nitrogens with zero attached hydrogens (tertiary/aromatic N) is 3. The molecular formula is C23H39N3O2S-2. The number of hydrogen-bond donors (Lipinski definition) is 1. The Morgan fingerprint density at radius 3 is 2.31 bits per heavy atom. The molecule has 1 aliphatic heterocycles. The van der Waals surface area contributed by atoms with E-state index in [2.05, 4.69) is 55.4 Å². The van der Waals surface area contributed by atoms with Gasteiger partial charge in [0.15, 0.2) is 0 Å². The van der Waals surface area contributed by atoms with Crippen LogP contribution in [0.15, 0.2) is 4.99 Å². The molecule has 3 aliphatic rings. The highest BCUT2D eigenvalue weighted by Crippen LogP contribution is 2.58. The first kappa shape index (κ1) is 23.3. The van der Waals surface area contributed by atoms with E-state index < -0.39 is 11.6 Å². The third-order valence-electron chi connectivity index (χ3n) is 8.93. The topological polar surface area (TPSA) is 70.0 Å². The molecule has 6 heteroatoms. The highest BCUT2D eigenvalue weighted by molar-refractivity contribution is 7.78. The van der Waals surface area contributed by atoms with Crippen molar-refractivity contribution in [2.45, 2.75) is 108 Å². The molecule has 0 aromatic carbocycles. The van der Waals surface area contributed by atoms with Gasteiger partial charge >= 0.3 is 0 Å². The van der Waals surface area contributed by atoms with Crippen LogP contribution < -0.4 is 0 Å². The molecule has 1 saturated heterocycles. The fourth-order valence-electron chi connectivity index (χ4n) is 6.45. The van der Waals surface area contributed by atoms with Crippen molar-refractivity contribution < 1.29 is 9.84 Å². The van der Waals surface area contributed by atoms with E-state index >= 15 is 0 Å². The number of rotatable bonds is 5. The first-order chi connectivity index (χ1) is 13.5. The molecule has 2 saturated carbocycles. The summed E-state index contributed by atoms with van der Waals surface area (Å²) in [5.74, 6) is 0.633. The van der Waals surface area contributed by atoms with Crippen LogP contribution >= 0.6 is 12.2 Å². The van der Waals surface area contributed by atoms with Crippen LogP contribution in [0.3, 0.4) is 0 Å². The molecule has 0 spiro atoms. The lowest BCUT2D eigenvalue weighted by atomic mass is 9.51. The molecule has 0 aromatic rings. The number of aliphatic imine (C=N–C) groups is 1. The summed E-state index contributed by atoms with van der Waals surface area (Å²) in [7, 11) is 3.72. The number of ether oxygens (including phenoxy) is 1. The Kier molecular flexibility index (Phi) is 6.40. The maximum Gasteiger partial charge on any atom is 0.0714 e. The summed E-state index contributed by atoms with van der Waals surface area (Å²) in [6.07, 6.45) is 5.44. The van der Waals surface area contributed by atoms with Gasteiger partial charge in [-0.15, -0.1) is 5.54 Å². The zero-order chi connectivity index (χ0) is 21.7. The van der Waals surface area contributed by atoms with Crippen LogP contribution in [0, 0.1) is 17.8 Å². The number of fused-ring (bicyclic) bond motifs is 1. The lowest BCUT2D eigenvalue weighted by Crippen LogP contribution is -2.62. The minimum Gasteiger partial charge on any atom is -0.658 e. The fraction of sp³-hybridized carbons (Fsp3) is 0.957. The summed E-state index contributed by atoms with van der Waals surface area (Å²) in [6, 6.07) is 0. The van der Waals surface area contributed by atoms with Gasteiger partial charge in [0.1, 0.15) is 0 Å². The number of isothiocyanates is 1. The lowest BCUT2D eigenvalue weighted by molar-refractivity contribution is -0.161. The van der Waals surface area contributed by atoms with E-state index in [4.69, 9.17) is 17.0 Å². The van der Waals surface area contributed by atoms with E-state index in [0.29, 0.717) is 0 Å². The molecule has 1 N–H and O–H groups in total. The molecule has 29 heavy (non-hydrogen) atoms. The highest BCUT2D eigenvalue weighted by Gasteiger charge is 2.59. The van der Waals surface area contributed by atoms with Gasteiger partial charge in [0, 0.05) is 12.2 Å². The van der Waals surface area contributed by atoms with E-state index in [0.717, 1.165) is 38.5 Å². The van der Waals surface area contributed by atoms with Crippen molar-refractivity contribution in [3.63, 3.8) is 0 Å². The van der Waals surface area contributed by atoms with Crippen molar-refractivity contribution in [1.82, 2.24) is 0 Å². The lowest BCUT2D eigenvalue weighted by Gasteiger charge is -2.62. The molecule has 0 bridgehead atoms. The Bertz CT molecular complexity index is 667. The van der Waals surface area contributed by atoms with E-state index in [-0.39, 0.29) is 40.5 Å². The van der Waals surface area contributed by atoms with Crippen molar-refractivity contribution in [2.75, 3.05) is 14.1 Å². The van der Waals surface area contributed by atoms with E-state index in [1.807, 2.05) is 14.1 Å². The second kappa shape index (κ2) is 7.96. The first-order valence-corrected chi connectivity index (χ1v) is 11.5. The van der Waals surface area contributed by atoms with Gasteiger partial charge in [-0.05, 0) is 75.9 Å². The monoisotopic (exact) mass is 421 g/mol. The fourth-order valence-corrected chi connectivity index (χ4v) is 6.66. The van der Waals surface area contributed by atoms with Crippen molar-refractivity contribution in [3.05, 3.63) is 10.6 Å². The van der Waals surface area contributed by atoms with Crippen molar-refractivity contribution >= 4 is 17.4 Å². The van der Waals surface area contributed by atoms with E-state index in [1.54, 1.807) is 0 Å². The number of thiocarbonyl (C=S) groups is 1. The van der Waals surface area contributed by atoms with Gasteiger partial charge in [0.2, 0.25) is 0 Å². The second-order valence-electron chi connectivity index (χ2n) is 10.8. The van der Waals surface area contributed by atoms with Gasteiger partial charge in [-0.25, -0.2) is 4.99 Å². The summed E-state index contributed by atoms with van der Waals surface area (Å²) in [5.41, 5.74) is -1.12. The van der Waals surface area contributed by atoms with Crippen LogP contribution in [0.25, 0.3) is 10.6 Å². The number of aliphatic hydroxyl groups excluding tert-OH is 1. The number of likely N-dealkylation sites (N-methyl/N-ethyl adjacent to an activating group) is 2. The molecular weight excluding hydrogens is 382 g/mol. The Balaban J connectivity index is 1.96. The SMILES string of the molecule is C[N-]C(C)(C)C1CCC(C)(C2CCC(C)(N=C=S)C3CCC(C)([N-]C)C(O)C32)O1. The normalized spacial score (nSPS) is 48.1. The largest absolute Gasteiger partial charge is 0.658 e. The molecule has 3 fully saturated rings. The maximum absolute atomic E-state index is 11.6. The van der Waals surface area contributed by atoms with E-state index in [1.165, 1.54) is 0 Å². The Morgan fingerprint density at radius 1 is 1.07 bits per heavy atom. The summed E-state index contributed by atoms with van der Waals surface area (Å²) < 4.78 is 6.77. The molecule has 8 atom stereocenters. The van der Waals surface area contributed by atoms with Gasteiger partial charge in [-0.1, -0.05) is 32.7 Å². The second-order valence-corrected chi connectivity index (χ2v) is 11.0. The molecule has 8 unspecified atom stereocenters. The van der Waals surface area contributed by atoms with Crippen molar-refractivity contribution in [2.24, 2.45) is 22.7 Å². The zero-order valence-corrected chi connectivity index (χ0v) is 20.1. The van der Waals surface area contributed by atoms with Crippen LogP contribution in [0.2, 0.25) is 0 Å². The molecule has 1 heterocycles. The molecule has 3 rings (SSSR count). The molecule has 0 radical (unpaired) electrons. The number of aliphatic hydroxyl groups is 1. The predicted octanol–water partition coefficient (Wildman–Crippen LogP) is 5.13. The van der Waals surface area contributed by atoms with E-state index in [9.17, 15) is 5.11 Å². The van der Waals surface area contributed by atoms with Gasteiger partial charge in [-0.3, -0.25) is 0 Å². The van der Waals surface area contributed by atoms with Crippen LogP contribution in [-0.4, -0.2) is 58.8 Å². The van der Waals surface area contributed by atoms with Gasteiger partial charge < -0.3 is 20.5 Å². The van der Waals surface area contributed by atoms with Crippen LogP contribution in [-0.2, 0) is 4.74 Å². The molecule has 5 nitrogen and oxygen atoms in total. The van der Waals surface area contributed by atoms with Crippen LogP contribution in [0.4, 0.5) is 0 Å². The average molecular weight is 422 g/mol. The molecule has 0 aromatic heterocycles. The van der Waals surface area contributed by atoms with Crippen molar-refractivity contribution in [3.8, 4) is 0 Å². The Hall–Kier alpha value is -0.360. The van der Waals surface area contributed by atoms with Gasteiger partial charge in [-0.2, -0.15) is 14.1 Å². The smallest absolute Gasteiger partial charge is 0.0714 e. The maximum atomic E-state index is 11.6. The Morgan fingerprint density at radius 2 is 1.72 bits per heavy atom. The minimum atomic E-state index is -0.500. The molecule has 0 amide bonds. The van der Waals surface area contributed by atoms with Crippen LogP contribution in [0.1, 0.15) is 73.1 Å². The van der Waals surface area contributed by atoms with Crippen molar-refractivity contribution in [1.29, 1.82) is 0 Å². The molecule has 166 valence electrons. The summed E-state index contributed by atoms with van der Waals surface area (Å²) in [4.78, 5) is 4.63. The van der Waals surface area contributed by atoms with Gasteiger partial charge in [0.05, 0.1) is 16.3 Å². The Labute approximate surface area is 182 Å². The van der Waals surface area contributed by atoms with Crippen LogP contribution in [0.5, 0.6) is 0 Å². The first-order valence-electron chi connectivity index (χ1n) is 11.1. The predicted molar refractivity (Wildman–Crippen MR) is 122 cm³/mol. The minimum absolute atomic E-state index is 0.0914. The standard InChI is InChI=1S/C23H39N3O2S/c1-20(2,24-6)17-10-13-23(5,28-17)16-9-11-21(3,26-14-29)15-8-12-22(4,25-7)19(27)18(15)16/h15-19,27H,8-13H2,1-7H3/q-2. The molecule has 2 aliphatic carbocycles. The average Bonchev–Trinajstić information content (AvgIpc) is 3.09. The van der Waals surface area contributed by atoms with Gasteiger partial charge in [0.25, 0.3) is 0 Å². The zero-order valence-electron chi connectivity index (χ0n) is 19.2. The number of hydrogen-bond acceptors (Lipinski definition) is 4.